The molecule has 5 aromatic rings. The van der Waals surface area contributed by atoms with Gasteiger partial charge in [-0.05, 0) is 36.2 Å². The van der Waals surface area contributed by atoms with E-state index in [0.717, 1.165) is 17.0 Å². The van der Waals surface area contributed by atoms with Crippen molar-refractivity contribution in [3.05, 3.63) is 77.3 Å². The van der Waals surface area contributed by atoms with Gasteiger partial charge in [-0.3, -0.25) is 0 Å². The van der Waals surface area contributed by atoms with Crippen molar-refractivity contribution in [1.29, 1.82) is 0 Å². The molecule has 0 spiro atoms. The lowest BCUT2D eigenvalue weighted by molar-refractivity contribution is 0.197. The summed E-state index contributed by atoms with van der Waals surface area (Å²) >= 11 is 6.31. The Bertz CT molecular complexity index is 1900. The van der Waals surface area contributed by atoms with Crippen LogP contribution in [-0.2, 0) is 23.4 Å². The highest BCUT2D eigenvalue weighted by molar-refractivity contribution is 7.91. The lowest BCUT2D eigenvalue weighted by Gasteiger charge is -2.11. The van der Waals surface area contributed by atoms with E-state index in [1.165, 1.54) is 29.8 Å². The molecule has 0 bridgehead atoms. The van der Waals surface area contributed by atoms with Crippen molar-refractivity contribution in [2.75, 3.05) is 19.5 Å². The van der Waals surface area contributed by atoms with E-state index in [1.54, 1.807) is 19.2 Å². The lowest BCUT2D eigenvalue weighted by atomic mass is 10.1. The molecule has 2 N–H and O–H groups in total. The average Bonchev–Trinajstić information content (AvgIpc) is 3.54. The van der Waals surface area contributed by atoms with Crippen LogP contribution in [0.3, 0.4) is 0 Å². The van der Waals surface area contributed by atoms with Gasteiger partial charge in [-0.25, -0.2) is 23.2 Å². The Balaban J connectivity index is 1.42. The van der Waals surface area contributed by atoms with Crippen LogP contribution in [0.4, 0.5) is 4.79 Å². The normalized spacial score (nSPS) is 11.5. The fourth-order valence-electron chi connectivity index (χ4n) is 4.55. The number of nitrogens with one attached hydrogen (secondary N) is 1. The number of aliphatic hydroxyl groups excluding tert-OH is 1. The second kappa shape index (κ2) is 11.8. The molecule has 14 heteroatoms. The Morgan fingerprint density at radius 2 is 1.95 bits per heavy atom. The number of fused-ring (bicyclic) bond motifs is 1. The van der Waals surface area contributed by atoms with Crippen LogP contribution in [0.1, 0.15) is 11.3 Å². The van der Waals surface area contributed by atoms with Crippen molar-refractivity contribution in [1.82, 2.24) is 29.5 Å². The summed E-state index contributed by atoms with van der Waals surface area (Å²) in [5, 5.41) is 16.5. The lowest BCUT2D eigenvalue weighted by Crippen LogP contribution is -2.27. The van der Waals surface area contributed by atoms with Crippen molar-refractivity contribution in [2.45, 2.75) is 18.4 Å². The second-order valence-corrected chi connectivity index (χ2v) is 11.8. The third kappa shape index (κ3) is 5.79. The van der Waals surface area contributed by atoms with Gasteiger partial charge in [-0.15, -0.1) is 0 Å². The average molecular weight is 611 g/mol. The van der Waals surface area contributed by atoms with Gasteiger partial charge in [0, 0.05) is 43.2 Å². The SMILES string of the molecule is COc1ccc(-c2c(C)nn3c(OC(=O)NCc4cccc(-c5nccn5C)c4)cc(Cl)nc23)cc1S(=O)(=O)CCO. The molecule has 0 atom stereocenters. The Labute approximate surface area is 246 Å². The fourth-order valence-corrected chi connectivity index (χ4v) is 5.95. The topological polar surface area (TPSA) is 150 Å². The number of hydrogen-bond donors (Lipinski definition) is 2. The van der Waals surface area contributed by atoms with Crippen LogP contribution in [0, 0.1) is 6.92 Å². The van der Waals surface area contributed by atoms with Gasteiger partial charge in [0.2, 0.25) is 5.88 Å². The highest BCUT2D eigenvalue weighted by atomic mass is 35.5. The summed E-state index contributed by atoms with van der Waals surface area (Å²) in [5.74, 6) is 0.484. The maximum absolute atomic E-state index is 12.8. The largest absolute Gasteiger partial charge is 0.495 e. The number of hydrogen-bond acceptors (Lipinski definition) is 9. The smallest absolute Gasteiger partial charge is 0.414 e. The maximum Gasteiger partial charge on any atom is 0.414 e. The van der Waals surface area contributed by atoms with Gasteiger partial charge in [0.15, 0.2) is 15.5 Å². The van der Waals surface area contributed by atoms with Crippen molar-refractivity contribution < 1.29 is 27.8 Å². The Kier molecular flexibility index (Phi) is 8.16. The number of nitrogens with zero attached hydrogens (tertiary/aromatic N) is 5. The zero-order valence-corrected chi connectivity index (χ0v) is 24.5. The molecule has 0 saturated heterocycles. The first-order valence-corrected chi connectivity index (χ1v) is 14.7. The summed E-state index contributed by atoms with van der Waals surface area (Å²) in [6.07, 6.45) is 2.83. The van der Waals surface area contributed by atoms with Crippen LogP contribution in [0.15, 0.2) is 65.8 Å². The van der Waals surface area contributed by atoms with Crippen LogP contribution < -0.4 is 14.8 Å². The number of benzene rings is 2. The number of imidazole rings is 1. The van der Waals surface area contributed by atoms with Crippen LogP contribution in [0.5, 0.6) is 11.6 Å². The highest BCUT2D eigenvalue weighted by Gasteiger charge is 2.24. The van der Waals surface area contributed by atoms with Gasteiger partial charge < -0.3 is 24.5 Å². The third-order valence-corrected chi connectivity index (χ3v) is 8.39. The minimum Gasteiger partial charge on any atom is -0.495 e. The number of ether oxygens (including phenoxy) is 2. The fraction of sp³-hybridized carbons (Fsp3) is 0.214. The van der Waals surface area contributed by atoms with Gasteiger partial charge in [0.25, 0.3) is 0 Å². The number of amides is 1. The van der Waals surface area contributed by atoms with Crippen LogP contribution in [0.25, 0.3) is 28.2 Å². The Morgan fingerprint density at radius 1 is 1.14 bits per heavy atom. The number of carbonyl (C=O) groups is 1. The first-order valence-electron chi connectivity index (χ1n) is 12.7. The van der Waals surface area contributed by atoms with Gasteiger partial charge in [0.1, 0.15) is 21.6 Å². The molecule has 0 aliphatic carbocycles. The summed E-state index contributed by atoms with van der Waals surface area (Å²) in [6.45, 7) is 1.36. The summed E-state index contributed by atoms with van der Waals surface area (Å²) in [5.41, 5.74) is 3.44. The number of carbonyl (C=O) groups excluding carboxylic acids is 1. The van der Waals surface area contributed by atoms with E-state index in [4.69, 9.17) is 21.1 Å². The highest BCUT2D eigenvalue weighted by Crippen LogP contribution is 2.35. The van der Waals surface area contributed by atoms with Crippen molar-refractivity contribution in [3.63, 3.8) is 0 Å². The molecular weight excluding hydrogens is 584 g/mol. The third-order valence-electron chi connectivity index (χ3n) is 6.49. The molecule has 12 nitrogen and oxygen atoms in total. The Morgan fingerprint density at radius 3 is 2.67 bits per heavy atom. The van der Waals surface area contributed by atoms with Gasteiger partial charge in [0.05, 0.1) is 25.2 Å². The van der Waals surface area contributed by atoms with Crippen molar-refractivity contribution >= 4 is 33.2 Å². The van der Waals surface area contributed by atoms with Gasteiger partial charge >= 0.3 is 6.09 Å². The molecule has 2 aromatic carbocycles. The molecule has 0 unspecified atom stereocenters. The molecule has 0 radical (unpaired) electrons. The van der Waals surface area contributed by atoms with Crippen LogP contribution in [-0.4, -0.2) is 63.2 Å². The van der Waals surface area contributed by atoms with E-state index in [9.17, 15) is 18.3 Å². The first kappa shape index (κ1) is 29.0. The predicted molar refractivity (Wildman–Crippen MR) is 155 cm³/mol. The zero-order chi connectivity index (χ0) is 30.0. The van der Waals surface area contributed by atoms with Gasteiger partial charge in [-0.1, -0.05) is 35.9 Å². The van der Waals surface area contributed by atoms with E-state index in [-0.39, 0.29) is 33.9 Å². The molecule has 3 aromatic heterocycles. The van der Waals surface area contributed by atoms with E-state index in [1.807, 2.05) is 42.1 Å². The van der Waals surface area contributed by atoms with E-state index in [2.05, 4.69) is 20.4 Å². The van der Waals surface area contributed by atoms with E-state index >= 15 is 0 Å². The summed E-state index contributed by atoms with van der Waals surface area (Å²) in [7, 11) is -0.578. The van der Waals surface area contributed by atoms with Crippen LogP contribution in [0.2, 0.25) is 5.15 Å². The number of aromatic nitrogens is 5. The van der Waals surface area contributed by atoms with E-state index in [0.29, 0.717) is 16.8 Å². The molecule has 5 rings (SSSR count). The molecule has 0 fully saturated rings. The van der Waals surface area contributed by atoms with Crippen LogP contribution >= 0.6 is 11.6 Å². The van der Waals surface area contributed by atoms with Crippen molar-refractivity contribution in [2.24, 2.45) is 7.05 Å². The van der Waals surface area contributed by atoms with E-state index < -0.39 is 28.3 Å². The molecule has 3 heterocycles. The first-order chi connectivity index (χ1) is 20.1. The van der Waals surface area contributed by atoms with Gasteiger partial charge in [-0.2, -0.15) is 9.61 Å². The number of rotatable bonds is 9. The molecule has 0 aliphatic heterocycles. The summed E-state index contributed by atoms with van der Waals surface area (Å²) < 4.78 is 39.6. The number of sulfone groups is 1. The molecule has 42 heavy (non-hydrogen) atoms. The quantitative estimate of drug-likeness (QED) is 0.237. The minimum atomic E-state index is -3.84. The second-order valence-electron chi connectivity index (χ2n) is 9.33. The number of methoxy groups -OCH3 is 1. The molecule has 0 saturated carbocycles. The molecule has 0 aliphatic rings. The molecule has 218 valence electrons. The summed E-state index contributed by atoms with van der Waals surface area (Å²) in [4.78, 5) is 21.4. The van der Waals surface area contributed by atoms with Crippen molar-refractivity contribution in [3.8, 4) is 34.1 Å². The Hall–Kier alpha value is -4.46. The monoisotopic (exact) mass is 610 g/mol. The molecular formula is C28H27ClN6O6S. The number of aryl methyl sites for hydroxylation is 2. The zero-order valence-electron chi connectivity index (χ0n) is 22.9. The standard InChI is InChI=1S/C28H27ClN6O6S/c1-17-25(19-7-8-21(40-3)22(14-19)42(38,39)12-11-36)27-32-23(29)15-24(35(27)33-17)41-28(37)31-16-18-5-4-6-20(13-18)26-30-9-10-34(26)2/h4-10,13-15,36H,11-12,16H2,1-3H3,(H,31,37). The number of aliphatic hydroxyl groups is 1. The maximum atomic E-state index is 12.8. The number of halogens is 1. The minimum absolute atomic E-state index is 0.0141. The summed E-state index contributed by atoms with van der Waals surface area (Å²) in [6, 6.07) is 13.6. The molecule has 1 amide bonds. The predicted octanol–water partition coefficient (Wildman–Crippen LogP) is 3.82.